The number of thiophene rings is 1. The van der Waals surface area contributed by atoms with Gasteiger partial charge in [0, 0.05) is 12.2 Å². The molecule has 1 amide bonds. The summed E-state index contributed by atoms with van der Waals surface area (Å²) < 4.78 is 1.86. The van der Waals surface area contributed by atoms with Crippen LogP contribution in [0.15, 0.2) is 40.8 Å². The quantitative estimate of drug-likeness (QED) is 0.695. The number of anilines is 1. The molecule has 0 saturated heterocycles. The van der Waals surface area contributed by atoms with Crippen molar-refractivity contribution in [2.75, 3.05) is 11.4 Å². The largest absolute Gasteiger partial charge is 0.310 e. The van der Waals surface area contributed by atoms with Crippen LogP contribution in [0.25, 0.3) is 10.2 Å². The van der Waals surface area contributed by atoms with E-state index in [1.807, 2.05) is 32.0 Å². The molecule has 3 aromatic rings. The summed E-state index contributed by atoms with van der Waals surface area (Å²) in [7, 11) is 0. The third-order valence-electron chi connectivity index (χ3n) is 4.01. The Hall–Kier alpha value is -2.98. The monoisotopic (exact) mass is 366 g/mol. The van der Waals surface area contributed by atoms with E-state index in [1.54, 1.807) is 16.3 Å². The van der Waals surface area contributed by atoms with Crippen LogP contribution in [0.1, 0.15) is 17.5 Å². The molecule has 0 radical (unpaired) electrons. The molecule has 0 N–H and O–H groups in total. The first-order valence-electron chi connectivity index (χ1n) is 8.18. The first kappa shape index (κ1) is 17.8. The first-order valence-corrected chi connectivity index (χ1v) is 9.06. The maximum atomic E-state index is 12.9. The molecule has 0 aliphatic heterocycles. The zero-order valence-corrected chi connectivity index (χ0v) is 15.4. The van der Waals surface area contributed by atoms with Gasteiger partial charge in [0.1, 0.15) is 11.2 Å². The van der Waals surface area contributed by atoms with Crippen molar-refractivity contribution in [2.45, 2.75) is 26.8 Å². The van der Waals surface area contributed by atoms with E-state index in [2.05, 4.69) is 11.1 Å². The fraction of sp³-hybridized carbons (Fsp3) is 0.263. The minimum Gasteiger partial charge on any atom is -0.310 e. The molecule has 0 aliphatic carbocycles. The number of aryl methyl sites for hydroxylation is 2. The number of rotatable bonds is 5. The van der Waals surface area contributed by atoms with E-state index < -0.39 is 0 Å². The lowest BCUT2D eigenvalue weighted by Gasteiger charge is -2.23. The van der Waals surface area contributed by atoms with E-state index in [9.17, 15) is 9.59 Å². The summed E-state index contributed by atoms with van der Waals surface area (Å²) in [5.74, 6) is -0.245. The Morgan fingerprint density at radius 3 is 2.73 bits per heavy atom. The molecular formula is C19H18N4O2S. The summed E-state index contributed by atoms with van der Waals surface area (Å²) >= 11 is 1.31. The van der Waals surface area contributed by atoms with Gasteiger partial charge in [-0.15, -0.1) is 11.3 Å². The Morgan fingerprint density at radius 1 is 1.31 bits per heavy atom. The van der Waals surface area contributed by atoms with Crippen LogP contribution < -0.4 is 10.5 Å². The van der Waals surface area contributed by atoms with Crippen LogP contribution in [0.3, 0.4) is 0 Å². The Balaban J connectivity index is 1.93. The highest BCUT2D eigenvalue weighted by Crippen LogP contribution is 2.20. The average Bonchev–Trinajstić information content (AvgIpc) is 3.06. The van der Waals surface area contributed by atoms with Gasteiger partial charge in [-0.1, -0.05) is 6.07 Å². The van der Waals surface area contributed by atoms with Crippen molar-refractivity contribution >= 4 is 33.1 Å². The third kappa shape index (κ3) is 3.65. The second-order valence-corrected chi connectivity index (χ2v) is 7.03. The number of nitriles is 1. The number of fused-ring (bicyclic) bond motifs is 1. The second kappa shape index (κ2) is 7.50. The molecule has 0 spiro atoms. The normalized spacial score (nSPS) is 10.7. The van der Waals surface area contributed by atoms with Gasteiger partial charge in [0.2, 0.25) is 5.91 Å². The molecule has 7 heteroatoms. The minimum atomic E-state index is -0.245. The van der Waals surface area contributed by atoms with Gasteiger partial charge < -0.3 is 4.90 Å². The zero-order valence-electron chi connectivity index (χ0n) is 14.6. The van der Waals surface area contributed by atoms with E-state index in [0.29, 0.717) is 10.2 Å². The Labute approximate surface area is 154 Å². The molecule has 1 aromatic carbocycles. The molecule has 0 unspecified atom stereocenters. The van der Waals surface area contributed by atoms with Crippen molar-refractivity contribution in [3.63, 3.8) is 0 Å². The molecule has 6 nitrogen and oxygen atoms in total. The Bertz CT molecular complexity index is 1040. The van der Waals surface area contributed by atoms with E-state index in [0.717, 1.165) is 16.8 Å². The number of hydrogen-bond donors (Lipinski definition) is 0. The molecule has 3 rings (SSSR count). The van der Waals surface area contributed by atoms with Gasteiger partial charge in [0.25, 0.3) is 5.56 Å². The van der Waals surface area contributed by atoms with E-state index in [1.165, 1.54) is 22.2 Å². The summed E-state index contributed by atoms with van der Waals surface area (Å²) in [6.07, 6.45) is 1.62. The summed E-state index contributed by atoms with van der Waals surface area (Å²) in [6, 6.07) is 9.70. The number of carbonyl (C=O) groups excluding carboxylic acids is 1. The SMILES string of the molecule is Cc1cc(C)cc(N(CCC#N)C(=O)Cn2cnc3ccsc3c2=O)c1. The fourth-order valence-electron chi connectivity index (χ4n) is 2.89. The van der Waals surface area contributed by atoms with Crippen LogP contribution in [0.4, 0.5) is 5.69 Å². The number of benzene rings is 1. The molecule has 2 heterocycles. The zero-order chi connectivity index (χ0) is 18.7. The average molecular weight is 366 g/mol. The van der Waals surface area contributed by atoms with Crippen LogP contribution in [-0.4, -0.2) is 22.0 Å². The standard InChI is InChI=1S/C19H18N4O2S/c1-13-8-14(2)10-15(9-13)23(6-3-5-20)17(24)11-22-12-21-16-4-7-26-18(16)19(22)25/h4,7-10,12H,3,6,11H2,1-2H3. The van der Waals surface area contributed by atoms with Crippen LogP contribution in [0.5, 0.6) is 0 Å². The first-order chi connectivity index (χ1) is 12.5. The lowest BCUT2D eigenvalue weighted by molar-refractivity contribution is -0.119. The number of amides is 1. The van der Waals surface area contributed by atoms with Gasteiger partial charge in [0.15, 0.2) is 0 Å². The maximum Gasteiger partial charge on any atom is 0.271 e. The van der Waals surface area contributed by atoms with E-state index in [-0.39, 0.29) is 31.0 Å². The summed E-state index contributed by atoms with van der Waals surface area (Å²) in [5.41, 5.74) is 3.22. The van der Waals surface area contributed by atoms with Crippen LogP contribution in [0, 0.1) is 25.2 Å². The van der Waals surface area contributed by atoms with Gasteiger partial charge in [-0.25, -0.2) is 4.98 Å². The topological polar surface area (TPSA) is 79.0 Å². The molecule has 0 fully saturated rings. The van der Waals surface area contributed by atoms with Crippen molar-refractivity contribution in [3.05, 3.63) is 57.5 Å². The summed E-state index contributed by atoms with van der Waals surface area (Å²) in [4.78, 5) is 31.2. The van der Waals surface area contributed by atoms with Crippen LogP contribution in [-0.2, 0) is 11.3 Å². The van der Waals surface area contributed by atoms with Crippen molar-refractivity contribution in [3.8, 4) is 6.07 Å². The van der Waals surface area contributed by atoms with Crippen LogP contribution >= 0.6 is 11.3 Å². The van der Waals surface area contributed by atoms with Crippen molar-refractivity contribution < 1.29 is 4.79 Å². The highest BCUT2D eigenvalue weighted by molar-refractivity contribution is 7.17. The Morgan fingerprint density at radius 2 is 2.04 bits per heavy atom. The molecule has 2 aromatic heterocycles. The second-order valence-electron chi connectivity index (χ2n) is 6.11. The third-order valence-corrected chi connectivity index (χ3v) is 4.90. The molecule has 0 atom stereocenters. The van der Waals surface area contributed by atoms with E-state index in [4.69, 9.17) is 5.26 Å². The smallest absolute Gasteiger partial charge is 0.271 e. The van der Waals surface area contributed by atoms with Gasteiger partial charge >= 0.3 is 0 Å². The van der Waals surface area contributed by atoms with Crippen molar-refractivity contribution in [2.24, 2.45) is 0 Å². The molecule has 0 aliphatic rings. The van der Waals surface area contributed by atoms with Gasteiger partial charge in [-0.2, -0.15) is 5.26 Å². The van der Waals surface area contributed by atoms with Crippen LogP contribution in [0.2, 0.25) is 0 Å². The van der Waals surface area contributed by atoms with Crippen molar-refractivity contribution in [1.29, 1.82) is 5.26 Å². The minimum absolute atomic E-state index is 0.113. The molecule has 0 bridgehead atoms. The number of carbonyl (C=O) groups is 1. The predicted octanol–water partition coefficient (Wildman–Crippen LogP) is 3.02. The lowest BCUT2D eigenvalue weighted by atomic mass is 10.1. The molecule has 132 valence electrons. The van der Waals surface area contributed by atoms with Gasteiger partial charge in [-0.05, 0) is 48.6 Å². The van der Waals surface area contributed by atoms with E-state index >= 15 is 0 Å². The molecular weight excluding hydrogens is 348 g/mol. The van der Waals surface area contributed by atoms with Crippen molar-refractivity contribution in [1.82, 2.24) is 9.55 Å². The number of aromatic nitrogens is 2. The summed E-state index contributed by atoms with van der Waals surface area (Å²) in [6.45, 7) is 4.09. The molecule has 0 saturated carbocycles. The number of hydrogen-bond acceptors (Lipinski definition) is 5. The fourth-order valence-corrected chi connectivity index (χ4v) is 3.68. The predicted molar refractivity (Wildman–Crippen MR) is 102 cm³/mol. The highest BCUT2D eigenvalue weighted by Gasteiger charge is 2.18. The molecule has 26 heavy (non-hydrogen) atoms. The number of nitrogens with zero attached hydrogens (tertiary/aromatic N) is 4. The lowest BCUT2D eigenvalue weighted by Crippen LogP contribution is -2.37. The van der Waals surface area contributed by atoms with Gasteiger partial charge in [0.05, 0.1) is 24.3 Å². The Kier molecular flexibility index (Phi) is 5.14. The maximum absolute atomic E-state index is 12.9. The van der Waals surface area contributed by atoms with Gasteiger partial charge in [-0.3, -0.25) is 14.2 Å². The highest BCUT2D eigenvalue weighted by atomic mass is 32.1. The summed E-state index contributed by atoms with van der Waals surface area (Å²) in [5, 5.41) is 10.7.